The monoisotopic (exact) mass is 442 g/mol. The van der Waals surface area contributed by atoms with Gasteiger partial charge in [0.05, 0.1) is 6.61 Å². The second-order valence-electron chi connectivity index (χ2n) is 6.68. The van der Waals surface area contributed by atoms with E-state index in [2.05, 4.69) is 6.92 Å². The van der Waals surface area contributed by atoms with Crippen molar-refractivity contribution in [1.82, 2.24) is 0 Å². The fourth-order valence-corrected chi connectivity index (χ4v) is 2.21. The van der Waals surface area contributed by atoms with E-state index < -0.39 is 44.3 Å². The fraction of sp³-hybridized carbons (Fsp3) is 0.889. The number of carboxylic acids is 1. The molecule has 0 aliphatic heterocycles. The molecular weight excluding hydrogens is 403 g/mol. The second kappa shape index (κ2) is 24.2. The number of aliphatic hydroxyl groups is 5. The van der Waals surface area contributed by atoms with Crippen molar-refractivity contribution in [2.75, 3.05) is 6.61 Å². The first-order valence-corrected chi connectivity index (χ1v) is 10.1. The zero-order valence-electron chi connectivity index (χ0n) is 17.6. The van der Waals surface area contributed by atoms with Crippen LogP contribution < -0.4 is 0 Å². The lowest BCUT2D eigenvalue weighted by Crippen LogP contribution is -2.46. The summed E-state index contributed by atoms with van der Waals surface area (Å²) in [7, 11) is -2.17. The number of carboxylic acid groups (broad SMARTS) is 1. The lowest BCUT2D eigenvalue weighted by Gasteiger charge is -2.22. The molecule has 12 heteroatoms. The number of rotatable bonds is 15. The predicted molar refractivity (Wildman–Crippen MR) is 109 cm³/mol. The van der Waals surface area contributed by atoms with Crippen LogP contribution in [0.5, 0.6) is 0 Å². The molecule has 0 unspecified atom stereocenters. The lowest BCUT2D eigenvalue weighted by molar-refractivity contribution is -0.137. The van der Waals surface area contributed by atoms with Crippen LogP contribution in [0.25, 0.3) is 0 Å². The van der Waals surface area contributed by atoms with Gasteiger partial charge in [0, 0.05) is 6.42 Å². The molecule has 0 amide bonds. The first kappa shape index (κ1) is 33.5. The van der Waals surface area contributed by atoms with E-state index in [9.17, 15) is 9.59 Å². The van der Waals surface area contributed by atoms with Crippen LogP contribution in [0.4, 0.5) is 0 Å². The van der Waals surface area contributed by atoms with Crippen LogP contribution in [0.1, 0.15) is 71.1 Å². The van der Waals surface area contributed by atoms with Crippen molar-refractivity contribution in [2.45, 2.75) is 95.5 Å². The molecule has 0 rings (SSSR count). The van der Waals surface area contributed by atoms with Crippen molar-refractivity contribution in [3.63, 3.8) is 0 Å². The molecule has 11 nitrogen and oxygen atoms in total. The Balaban J connectivity index is -0.000000416. The Bertz CT molecular complexity index is 382. The maximum Gasteiger partial charge on any atom is 0.631 e. The highest BCUT2D eigenvalue weighted by Gasteiger charge is 2.29. The summed E-state index contributed by atoms with van der Waals surface area (Å²) in [5, 5.41) is 73.4. The molecule has 0 aromatic carbocycles. The quantitative estimate of drug-likeness (QED) is 0.0813. The van der Waals surface area contributed by atoms with Crippen molar-refractivity contribution in [2.24, 2.45) is 0 Å². The SMILES string of the molecule is CCCCCCCCCCCC(=O)O.O=C[C@H](O)[C@@H](O)[C@H](O)[C@H](O)CO.OB(O)O. The Morgan fingerprint density at radius 3 is 1.57 bits per heavy atom. The number of carbonyl (C=O) groups excluding carboxylic acids is 1. The normalized spacial score (nSPS) is 14.2. The summed E-state index contributed by atoms with van der Waals surface area (Å²) in [6.07, 6.45) is 4.64. The van der Waals surface area contributed by atoms with Gasteiger partial charge in [-0.2, -0.15) is 0 Å². The summed E-state index contributed by atoms with van der Waals surface area (Å²) in [4.78, 5) is 20.1. The number of unbranched alkanes of at least 4 members (excludes halogenated alkanes) is 8. The van der Waals surface area contributed by atoms with E-state index in [-0.39, 0.29) is 6.29 Å². The molecule has 0 bridgehead atoms. The number of aliphatic hydroxyl groups excluding tert-OH is 5. The molecule has 0 heterocycles. The van der Waals surface area contributed by atoms with Gasteiger partial charge in [-0.3, -0.25) is 4.79 Å². The molecule has 9 N–H and O–H groups in total. The predicted octanol–water partition coefficient (Wildman–Crippen LogP) is -1.44. The molecule has 0 spiro atoms. The van der Waals surface area contributed by atoms with E-state index >= 15 is 0 Å². The molecule has 180 valence electrons. The van der Waals surface area contributed by atoms with Gasteiger partial charge in [0.1, 0.15) is 24.4 Å². The highest BCUT2D eigenvalue weighted by molar-refractivity contribution is 6.30. The van der Waals surface area contributed by atoms with Gasteiger partial charge in [-0.1, -0.05) is 58.3 Å². The van der Waals surface area contributed by atoms with E-state index in [1.165, 1.54) is 44.9 Å². The van der Waals surface area contributed by atoms with E-state index in [1.807, 2.05) is 0 Å². The highest BCUT2D eigenvalue weighted by atomic mass is 16.5. The van der Waals surface area contributed by atoms with Crippen molar-refractivity contribution in [3.05, 3.63) is 0 Å². The molecule has 4 atom stereocenters. The fourth-order valence-electron chi connectivity index (χ4n) is 2.21. The number of hydrogen-bond donors (Lipinski definition) is 9. The topological polar surface area (TPSA) is 216 Å². The summed E-state index contributed by atoms with van der Waals surface area (Å²) in [6.45, 7) is 1.47. The molecule has 30 heavy (non-hydrogen) atoms. The Morgan fingerprint density at radius 1 is 0.833 bits per heavy atom. The van der Waals surface area contributed by atoms with E-state index in [4.69, 9.17) is 45.7 Å². The Labute approximate surface area is 177 Å². The lowest BCUT2D eigenvalue weighted by atomic mass is 10.0. The van der Waals surface area contributed by atoms with E-state index in [1.54, 1.807) is 0 Å². The third kappa shape index (κ3) is 26.9. The molecular formula is C18H39BO11. The van der Waals surface area contributed by atoms with Gasteiger partial charge in [0.25, 0.3) is 0 Å². The first-order chi connectivity index (χ1) is 14.0. The Hall–Kier alpha value is -1.12. The van der Waals surface area contributed by atoms with Gasteiger partial charge in [0.15, 0.2) is 6.29 Å². The van der Waals surface area contributed by atoms with Crippen molar-refractivity contribution < 1.29 is 55.3 Å². The summed E-state index contributed by atoms with van der Waals surface area (Å²) in [6, 6.07) is 0. The van der Waals surface area contributed by atoms with Gasteiger partial charge >= 0.3 is 13.3 Å². The maximum atomic E-state index is 10.2. The van der Waals surface area contributed by atoms with Crippen LogP contribution in [0, 0.1) is 0 Å². The summed E-state index contributed by atoms with van der Waals surface area (Å²) in [5.41, 5.74) is 0. The maximum absolute atomic E-state index is 10.2. The molecule has 0 saturated heterocycles. The number of hydrogen-bond acceptors (Lipinski definition) is 10. The zero-order valence-corrected chi connectivity index (χ0v) is 17.6. The van der Waals surface area contributed by atoms with Crippen LogP contribution in [-0.2, 0) is 9.59 Å². The second-order valence-corrected chi connectivity index (χ2v) is 6.68. The van der Waals surface area contributed by atoms with Crippen LogP contribution in [0.3, 0.4) is 0 Å². The van der Waals surface area contributed by atoms with Crippen LogP contribution in [0.15, 0.2) is 0 Å². The molecule has 0 saturated carbocycles. The largest absolute Gasteiger partial charge is 0.631 e. The summed E-state index contributed by atoms with van der Waals surface area (Å²) >= 11 is 0. The molecule has 0 aliphatic rings. The van der Waals surface area contributed by atoms with Crippen molar-refractivity contribution >= 4 is 19.6 Å². The summed E-state index contributed by atoms with van der Waals surface area (Å²) in [5.74, 6) is -0.659. The minimum atomic E-state index is -2.17. The van der Waals surface area contributed by atoms with Gasteiger partial charge in [-0.05, 0) is 6.42 Å². The minimum absolute atomic E-state index is 0.0258. The average Bonchev–Trinajstić information content (AvgIpc) is 2.70. The van der Waals surface area contributed by atoms with Crippen LogP contribution in [0.2, 0.25) is 0 Å². The average molecular weight is 442 g/mol. The zero-order chi connectivity index (χ0) is 23.9. The van der Waals surface area contributed by atoms with Crippen LogP contribution >= 0.6 is 0 Å². The van der Waals surface area contributed by atoms with Gasteiger partial charge < -0.3 is 50.5 Å². The third-order valence-electron chi connectivity index (χ3n) is 3.91. The van der Waals surface area contributed by atoms with Gasteiger partial charge in [-0.15, -0.1) is 0 Å². The number of aldehydes is 1. The first-order valence-electron chi connectivity index (χ1n) is 10.1. The van der Waals surface area contributed by atoms with Crippen LogP contribution in [-0.4, -0.2) is 96.3 Å². The molecule has 0 radical (unpaired) electrons. The summed E-state index contributed by atoms with van der Waals surface area (Å²) < 4.78 is 0. The number of aliphatic carboxylic acids is 1. The van der Waals surface area contributed by atoms with Crippen molar-refractivity contribution in [3.8, 4) is 0 Å². The molecule has 0 aromatic rings. The Morgan fingerprint density at radius 2 is 1.23 bits per heavy atom. The van der Waals surface area contributed by atoms with Gasteiger partial charge in [0.2, 0.25) is 0 Å². The molecule has 0 aliphatic carbocycles. The number of carbonyl (C=O) groups is 2. The Kier molecular flexibility index (Phi) is 27.0. The molecule has 0 aromatic heterocycles. The smallest absolute Gasteiger partial charge is 0.481 e. The highest BCUT2D eigenvalue weighted by Crippen LogP contribution is 2.10. The van der Waals surface area contributed by atoms with E-state index in [0.29, 0.717) is 6.42 Å². The van der Waals surface area contributed by atoms with Crippen molar-refractivity contribution in [1.29, 1.82) is 0 Å². The van der Waals surface area contributed by atoms with Gasteiger partial charge in [-0.25, -0.2) is 0 Å². The minimum Gasteiger partial charge on any atom is -0.481 e. The van der Waals surface area contributed by atoms with E-state index in [0.717, 1.165) is 12.8 Å². The third-order valence-corrected chi connectivity index (χ3v) is 3.91. The standard InChI is InChI=1S/C12H24O2.C6H12O6.BH3O3/c1-2-3-4-5-6-7-8-9-10-11-12(13)14;7-1-3(9)5(11)6(12)4(10)2-8;2-1(3)4/h2-11H2,1H3,(H,13,14);1,3-6,8-12H,2H2;2-4H/t;3-,4+,5+,6+;/m.0./s1. The molecule has 0 fully saturated rings.